The van der Waals surface area contributed by atoms with Crippen molar-refractivity contribution in [3.8, 4) is 0 Å². The summed E-state index contributed by atoms with van der Waals surface area (Å²) < 4.78 is 0. The molecule has 3 rings (SSSR count). The maximum Gasteiger partial charge on any atom is 0.243 e. The number of carbonyl (C=O) groups is 2. The molecule has 0 spiro atoms. The molecule has 2 N–H and O–H groups in total. The standard InChI is InChI=1S/C20H35N5O2.HI/c1-24(2)19(27)13-23-20(21-11-15-6-4-3-5-7-15)22-12-16-10-18(26)25(14-16)17-8-9-17;/h15-17H,3-14H2,1-2H3,(H2,21,22,23);1H. The largest absolute Gasteiger partial charge is 0.356 e. The van der Waals surface area contributed by atoms with Crippen LogP contribution in [0.1, 0.15) is 51.4 Å². The van der Waals surface area contributed by atoms with Crippen LogP contribution in [0, 0.1) is 11.8 Å². The average Bonchev–Trinajstić information content (AvgIpc) is 3.44. The van der Waals surface area contributed by atoms with Gasteiger partial charge in [-0.05, 0) is 31.6 Å². The summed E-state index contributed by atoms with van der Waals surface area (Å²) in [5.74, 6) is 2.00. The van der Waals surface area contributed by atoms with E-state index in [1.54, 1.807) is 19.0 Å². The highest BCUT2D eigenvalue weighted by Gasteiger charge is 2.39. The summed E-state index contributed by atoms with van der Waals surface area (Å²) in [7, 11) is 3.49. The van der Waals surface area contributed by atoms with Crippen molar-refractivity contribution in [3.05, 3.63) is 0 Å². The first kappa shape index (κ1) is 23.2. The molecule has 0 bridgehead atoms. The maximum absolute atomic E-state index is 12.1. The molecule has 2 saturated carbocycles. The van der Waals surface area contributed by atoms with Crippen molar-refractivity contribution >= 4 is 41.8 Å². The molecule has 3 aliphatic rings. The second kappa shape index (κ2) is 11.2. The van der Waals surface area contributed by atoms with Gasteiger partial charge in [-0.2, -0.15) is 0 Å². The highest BCUT2D eigenvalue weighted by atomic mass is 127. The number of likely N-dealkylation sites (tertiary alicyclic amines) is 1. The Morgan fingerprint density at radius 1 is 1.07 bits per heavy atom. The van der Waals surface area contributed by atoms with Gasteiger partial charge in [-0.3, -0.25) is 9.59 Å². The van der Waals surface area contributed by atoms with E-state index in [2.05, 4.69) is 15.6 Å². The highest BCUT2D eigenvalue weighted by Crippen LogP contribution is 2.32. The van der Waals surface area contributed by atoms with Crippen LogP contribution >= 0.6 is 24.0 Å². The Bertz CT molecular complexity index is 559. The van der Waals surface area contributed by atoms with Crippen molar-refractivity contribution < 1.29 is 9.59 Å². The molecule has 0 aromatic rings. The molecular formula is C20H36IN5O2. The first-order valence-corrected chi connectivity index (χ1v) is 10.5. The predicted octanol–water partition coefficient (Wildman–Crippen LogP) is 1.82. The number of amides is 2. The third-order valence-electron chi connectivity index (χ3n) is 5.94. The lowest BCUT2D eigenvalue weighted by molar-refractivity contribution is -0.128. The molecule has 1 atom stereocenters. The van der Waals surface area contributed by atoms with E-state index >= 15 is 0 Å². The van der Waals surface area contributed by atoms with E-state index in [1.807, 2.05) is 4.90 Å². The molecule has 0 radical (unpaired) electrons. The smallest absolute Gasteiger partial charge is 0.243 e. The van der Waals surface area contributed by atoms with E-state index in [4.69, 9.17) is 0 Å². The SMILES string of the molecule is CN(C)C(=O)CN=C(NCC1CCCCC1)NCC1CC(=O)N(C2CC2)C1.I. The summed E-state index contributed by atoms with van der Waals surface area (Å²) in [6.07, 6.45) is 9.45. The quantitative estimate of drug-likeness (QED) is 0.315. The first-order chi connectivity index (χ1) is 13.0. The Labute approximate surface area is 186 Å². The van der Waals surface area contributed by atoms with Crippen LogP contribution in [0.25, 0.3) is 0 Å². The van der Waals surface area contributed by atoms with Crippen LogP contribution in [0.2, 0.25) is 0 Å². The van der Waals surface area contributed by atoms with Gasteiger partial charge in [0, 0.05) is 52.1 Å². The van der Waals surface area contributed by atoms with Gasteiger partial charge in [0.05, 0.1) is 0 Å². The van der Waals surface area contributed by atoms with Gasteiger partial charge in [0.1, 0.15) is 6.54 Å². The summed E-state index contributed by atoms with van der Waals surface area (Å²) >= 11 is 0. The highest BCUT2D eigenvalue weighted by molar-refractivity contribution is 14.0. The zero-order chi connectivity index (χ0) is 19.2. The summed E-state index contributed by atoms with van der Waals surface area (Å²) in [5, 5.41) is 6.82. The number of nitrogens with zero attached hydrogens (tertiary/aromatic N) is 3. The molecule has 2 aliphatic carbocycles. The van der Waals surface area contributed by atoms with Gasteiger partial charge in [0.15, 0.2) is 5.96 Å². The predicted molar refractivity (Wildman–Crippen MR) is 122 cm³/mol. The monoisotopic (exact) mass is 505 g/mol. The molecule has 1 unspecified atom stereocenters. The summed E-state index contributed by atoms with van der Waals surface area (Å²) in [5.41, 5.74) is 0. The third-order valence-corrected chi connectivity index (χ3v) is 5.94. The second-order valence-corrected chi connectivity index (χ2v) is 8.57. The fourth-order valence-corrected chi connectivity index (χ4v) is 4.02. The van der Waals surface area contributed by atoms with Crippen LogP contribution in [0.15, 0.2) is 4.99 Å². The summed E-state index contributed by atoms with van der Waals surface area (Å²) in [6.45, 7) is 2.62. The van der Waals surface area contributed by atoms with Gasteiger partial charge in [0.25, 0.3) is 0 Å². The van der Waals surface area contributed by atoms with E-state index in [9.17, 15) is 9.59 Å². The number of likely N-dealkylation sites (N-methyl/N-ethyl adjacent to an activating group) is 1. The van der Waals surface area contributed by atoms with Crippen LogP contribution < -0.4 is 10.6 Å². The van der Waals surface area contributed by atoms with Crippen molar-refractivity contribution in [3.63, 3.8) is 0 Å². The minimum absolute atomic E-state index is 0. The van der Waals surface area contributed by atoms with Gasteiger partial charge in [-0.25, -0.2) is 4.99 Å². The molecule has 8 heteroatoms. The van der Waals surface area contributed by atoms with E-state index in [1.165, 1.54) is 32.1 Å². The van der Waals surface area contributed by atoms with Crippen LogP contribution in [0.3, 0.4) is 0 Å². The number of hydrogen-bond donors (Lipinski definition) is 2. The topological polar surface area (TPSA) is 77.0 Å². The van der Waals surface area contributed by atoms with Crippen molar-refractivity contribution in [2.75, 3.05) is 40.3 Å². The van der Waals surface area contributed by atoms with E-state index in [0.717, 1.165) is 32.5 Å². The minimum atomic E-state index is -0.00952. The van der Waals surface area contributed by atoms with Crippen LogP contribution in [-0.4, -0.2) is 73.9 Å². The van der Waals surface area contributed by atoms with Gasteiger partial charge >= 0.3 is 0 Å². The fraction of sp³-hybridized carbons (Fsp3) is 0.850. The van der Waals surface area contributed by atoms with Gasteiger partial charge in [-0.15, -0.1) is 24.0 Å². The lowest BCUT2D eigenvalue weighted by atomic mass is 9.89. The Morgan fingerprint density at radius 3 is 2.32 bits per heavy atom. The summed E-state index contributed by atoms with van der Waals surface area (Å²) in [4.78, 5) is 32.1. The van der Waals surface area contributed by atoms with Crippen molar-refractivity contribution in [1.82, 2.24) is 20.4 Å². The Kier molecular flexibility index (Phi) is 9.30. The number of hydrogen-bond acceptors (Lipinski definition) is 3. The molecule has 28 heavy (non-hydrogen) atoms. The van der Waals surface area contributed by atoms with Crippen LogP contribution in [0.5, 0.6) is 0 Å². The van der Waals surface area contributed by atoms with Gasteiger partial charge in [0.2, 0.25) is 11.8 Å². The lowest BCUT2D eigenvalue weighted by Gasteiger charge is -2.23. The Balaban J connectivity index is 0.00000280. The Hall–Kier alpha value is -1.06. The molecular weight excluding hydrogens is 469 g/mol. The average molecular weight is 505 g/mol. The van der Waals surface area contributed by atoms with E-state index < -0.39 is 0 Å². The molecule has 160 valence electrons. The normalized spacial score (nSPS) is 23.4. The number of halogens is 1. The third kappa shape index (κ3) is 7.08. The van der Waals surface area contributed by atoms with E-state index in [0.29, 0.717) is 36.2 Å². The molecule has 2 amide bonds. The van der Waals surface area contributed by atoms with Crippen molar-refractivity contribution in [1.29, 1.82) is 0 Å². The number of guanidine groups is 1. The number of carbonyl (C=O) groups excluding carboxylic acids is 2. The maximum atomic E-state index is 12.1. The lowest BCUT2D eigenvalue weighted by Crippen LogP contribution is -2.43. The van der Waals surface area contributed by atoms with E-state index in [-0.39, 0.29) is 36.4 Å². The fourth-order valence-electron chi connectivity index (χ4n) is 4.02. The van der Waals surface area contributed by atoms with Crippen molar-refractivity contribution in [2.45, 2.75) is 57.4 Å². The molecule has 0 aromatic carbocycles. The Morgan fingerprint density at radius 2 is 1.71 bits per heavy atom. The van der Waals surface area contributed by atoms with Crippen molar-refractivity contribution in [2.24, 2.45) is 16.8 Å². The zero-order valence-corrected chi connectivity index (χ0v) is 19.6. The molecule has 1 aliphatic heterocycles. The van der Waals surface area contributed by atoms with Gasteiger partial charge < -0.3 is 20.4 Å². The molecule has 1 heterocycles. The van der Waals surface area contributed by atoms with Crippen LogP contribution in [0.4, 0.5) is 0 Å². The van der Waals surface area contributed by atoms with Crippen LogP contribution in [-0.2, 0) is 9.59 Å². The minimum Gasteiger partial charge on any atom is -0.356 e. The molecule has 7 nitrogen and oxygen atoms in total. The molecule has 0 aromatic heterocycles. The first-order valence-electron chi connectivity index (χ1n) is 10.5. The second-order valence-electron chi connectivity index (χ2n) is 8.57. The molecule has 1 saturated heterocycles. The molecule has 3 fully saturated rings. The summed E-state index contributed by atoms with van der Waals surface area (Å²) in [6, 6.07) is 0.498. The van der Waals surface area contributed by atoms with Gasteiger partial charge in [-0.1, -0.05) is 19.3 Å². The number of aliphatic imine (C=N–C) groups is 1. The number of nitrogens with one attached hydrogen (secondary N) is 2. The number of rotatable bonds is 7. The zero-order valence-electron chi connectivity index (χ0n) is 17.3.